The van der Waals surface area contributed by atoms with Gasteiger partial charge in [0.1, 0.15) is 10.7 Å². The Morgan fingerprint density at radius 3 is 2.56 bits per heavy atom. The fourth-order valence-corrected chi connectivity index (χ4v) is 2.51. The van der Waals surface area contributed by atoms with Crippen molar-refractivity contribution in [2.45, 2.75) is 17.7 Å². The SMILES string of the molecule is O=S(=O)(NCCCCCl)c1ccccc1F. The third-order valence-corrected chi connectivity index (χ3v) is 3.74. The Morgan fingerprint density at radius 1 is 1.25 bits per heavy atom. The van der Waals surface area contributed by atoms with Crippen LogP contribution in [0.5, 0.6) is 0 Å². The maximum atomic E-state index is 13.2. The van der Waals surface area contributed by atoms with Crippen LogP contribution in [0.2, 0.25) is 0 Å². The Balaban J connectivity index is 2.68. The van der Waals surface area contributed by atoms with Crippen molar-refractivity contribution in [2.24, 2.45) is 0 Å². The molecule has 0 saturated carbocycles. The first kappa shape index (κ1) is 13.4. The second kappa shape index (κ2) is 6.18. The molecule has 1 N–H and O–H groups in total. The average Bonchev–Trinajstić information content (AvgIpc) is 2.25. The monoisotopic (exact) mass is 265 g/mol. The smallest absolute Gasteiger partial charge is 0.211 e. The summed E-state index contributed by atoms with van der Waals surface area (Å²) in [6.45, 7) is 0.267. The molecule has 0 spiro atoms. The van der Waals surface area contributed by atoms with E-state index in [9.17, 15) is 12.8 Å². The first-order valence-corrected chi connectivity index (χ1v) is 6.90. The van der Waals surface area contributed by atoms with Crippen LogP contribution in [-0.4, -0.2) is 20.8 Å². The fraction of sp³-hybridized carbons (Fsp3) is 0.400. The molecule has 0 aromatic heterocycles. The zero-order chi connectivity index (χ0) is 12.0. The van der Waals surface area contributed by atoms with Crippen molar-refractivity contribution in [3.63, 3.8) is 0 Å². The predicted octanol–water partition coefficient (Wildman–Crippen LogP) is 2.12. The quantitative estimate of drug-likeness (QED) is 0.633. The van der Waals surface area contributed by atoms with Crippen LogP contribution in [0.15, 0.2) is 29.2 Å². The van der Waals surface area contributed by atoms with Gasteiger partial charge in [-0.2, -0.15) is 0 Å². The van der Waals surface area contributed by atoms with Crippen molar-refractivity contribution >= 4 is 21.6 Å². The second-order valence-electron chi connectivity index (χ2n) is 3.22. The Bertz CT molecular complexity index is 436. The molecule has 1 aromatic rings. The zero-order valence-electron chi connectivity index (χ0n) is 8.62. The van der Waals surface area contributed by atoms with E-state index in [-0.39, 0.29) is 11.4 Å². The first-order valence-electron chi connectivity index (χ1n) is 4.88. The molecule has 0 aliphatic heterocycles. The van der Waals surface area contributed by atoms with Gasteiger partial charge in [0.25, 0.3) is 0 Å². The molecule has 6 heteroatoms. The highest BCUT2D eigenvalue weighted by Crippen LogP contribution is 2.12. The standard InChI is InChI=1S/C10H13ClFNO2S/c11-7-3-4-8-13-16(14,15)10-6-2-1-5-9(10)12/h1-2,5-6,13H,3-4,7-8H2. The van der Waals surface area contributed by atoms with E-state index in [0.717, 1.165) is 12.5 Å². The Kier molecular flexibility index (Phi) is 5.18. The number of unbranched alkanes of at least 4 members (excludes halogenated alkanes) is 1. The number of rotatable bonds is 6. The van der Waals surface area contributed by atoms with Crippen LogP contribution < -0.4 is 4.72 Å². The van der Waals surface area contributed by atoms with Crippen LogP contribution in [0.4, 0.5) is 4.39 Å². The van der Waals surface area contributed by atoms with Gasteiger partial charge in [0.15, 0.2) is 0 Å². The number of hydrogen-bond donors (Lipinski definition) is 1. The number of halogens is 2. The van der Waals surface area contributed by atoms with Gasteiger partial charge in [-0.3, -0.25) is 0 Å². The van der Waals surface area contributed by atoms with E-state index >= 15 is 0 Å². The Hall–Kier alpha value is -0.650. The minimum absolute atomic E-state index is 0.267. The van der Waals surface area contributed by atoms with Crippen LogP contribution in [0.3, 0.4) is 0 Å². The molecule has 1 aromatic carbocycles. The van der Waals surface area contributed by atoms with Crippen molar-refractivity contribution < 1.29 is 12.8 Å². The maximum Gasteiger partial charge on any atom is 0.243 e. The summed E-state index contributed by atoms with van der Waals surface area (Å²) in [6.07, 6.45) is 1.36. The zero-order valence-corrected chi connectivity index (χ0v) is 10.2. The van der Waals surface area contributed by atoms with Gasteiger partial charge in [-0.15, -0.1) is 11.6 Å². The Labute approximate surface area is 99.7 Å². The topological polar surface area (TPSA) is 46.2 Å². The number of sulfonamides is 1. The highest BCUT2D eigenvalue weighted by Gasteiger charge is 2.17. The predicted molar refractivity (Wildman–Crippen MR) is 61.5 cm³/mol. The number of alkyl halides is 1. The summed E-state index contributed by atoms with van der Waals surface area (Å²) in [7, 11) is -3.74. The summed E-state index contributed by atoms with van der Waals surface area (Å²) < 4.78 is 38.8. The van der Waals surface area contributed by atoms with E-state index in [2.05, 4.69) is 4.72 Å². The highest BCUT2D eigenvalue weighted by atomic mass is 35.5. The third-order valence-electron chi connectivity index (χ3n) is 1.98. The second-order valence-corrected chi connectivity index (χ2v) is 5.34. The van der Waals surface area contributed by atoms with Crippen molar-refractivity contribution in [1.29, 1.82) is 0 Å². The summed E-state index contributed by atoms with van der Waals surface area (Å²) in [6, 6.07) is 5.28. The molecule has 3 nitrogen and oxygen atoms in total. The molecule has 0 radical (unpaired) electrons. The lowest BCUT2D eigenvalue weighted by atomic mass is 10.3. The highest BCUT2D eigenvalue weighted by molar-refractivity contribution is 7.89. The van der Waals surface area contributed by atoms with Crippen molar-refractivity contribution in [3.05, 3.63) is 30.1 Å². The number of benzene rings is 1. The molecule has 0 saturated heterocycles. The molecular formula is C10H13ClFNO2S. The molecule has 0 fully saturated rings. The van der Waals surface area contributed by atoms with Crippen molar-refractivity contribution in [3.8, 4) is 0 Å². The molecule has 0 heterocycles. The van der Waals surface area contributed by atoms with Gasteiger partial charge >= 0.3 is 0 Å². The molecule has 0 aliphatic rings. The summed E-state index contributed by atoms with van der Waals surface area (Å²) in [5.41, 5.74) is 0. The van der Waals surface area contributed by atoms with Gasteiger partial charge < -0.3 is 0 Å². The molecule has 90 valence electrons. The van der Waals surface area contributed by atoms with E-state index in [1.807, 2.05) is 0 Å². The fourth-order valence-electron chi connectivity index (χ4n) is 1.17. The lowest BCUT2D eigenvalue weighted by Crippen LogP contribution is -2.25. The molecule has 16 heavy (non-hydrogen) atoms. The van der Waals surface area contributed by atoms with E-state index < -0.39 is 15.8 Å². The largest absolute Gasteiger partial charge is 0.243 e. The minimum atomic E-state index is -3.74. The molecule has 1 rings (SSSR count). The maximum absolute atomic E-state index is 13.2. The normalized spacial score (nSPS) is 11.6. The van der Waals surface area contributed by atoms with Gasteiger partial charge in [-0.25, -0.2) is 17.5 Å². The number of nitrogens with one attached hydrogen (secondary N) is 1. The summed E-state index contributed by atoms with van der Waals surface area (Å²) in [5.74, 6) is -0.256. The lowest BCUT2D eigenvalue weighted by Gasteiger charge is -2.06. The molecule has 0 unspecified atom stereocenters. The van der Waals surface area contributed by atoms with Crippen LogP contribution in [-0.2, 0) is 10.0 Å². The van der Waals surface area contributed by atoms with E-state index in [1.54, 1.807) is 0 Å². The third kappa shape index (κ3) is 3.73. The summed E-state index contributed by atoms with van der Waals surface area (Å²) in [4.78, 5) is -0.319. The molecule has 0 atom stereocenters. The van der Waals surface area contributed by atoms with E-state index in [1.165, 1.54) is 18.2 Å². The van der Waals surface area contributed by atoms with Gasteiger partial charge in [-0.1, -0.05) is 12.1 Å². The van der Waals surface area contributed by atoms with E-state index in [0.29, 0.717) is 12.3 Å². The molecule has 0 bridgehead atoms. The van der Waals surface area contributed by atoms with E-state index in [4.69, 9.17) is 11.6 Å². The van der Waals surface area contributed by atoms with Gasteiger partial charge in [0.05, 0.1) is 0 Å². The van der Waals surface area contributed by atoms with Crippen molar-refractivity contribution in [1.82, 2.24) is 4.72 Å². The minimum Gasteiger partial charge on any atom is -0.211 e. The Morgan fingerprint density at radius 2 is 1.94 bits per heavy atom. The summed E-state index contributed by atoms with van der Waals surface area (Å²) >= 11 is 5.46. The molecule has 0 aliphatic carbocycles. The first-order chi connectivity index (χ1) is 7.58. The van der Waals surface area contributed by atoms with Crippen molar-refractivity contribution in [2.75, 3.05) is 12.4 Å². The molecule has 0 amide bonds. The van der Waals surface area contributed by atoms with Crippen LogP contribution >= 0.6 is 11.6 Å². The number of hydrogen-bond acceptors (Lipinski definition) is 2. The average molecular weight is 266 g/mol. The van der Waals surface area contributed by atoms with Gasteiger partial charge in [0, 0.05) is 12.4 Å². The summed E-state index contributed by atoms with van der Waals surface area (Å²) in [5, 5.41) is 0. The van der Waals surface area contributed by atoms with Crippen LogP contribution in [0, 0.1) is 5.82 Å². The van der Waals surface area contributed by atoms with Gasteiger partial charge in [-0.05, 0) is 25.0 Å². The lowest BCUT2D eigenvalue weighted by molar-refractivity contribution is 0.555. The van der Waals surface area contributed by atoms with Gasteiger partial charge in [0.2, 0.25) is 10.0 Å². The van der Waals surface area contributed by atoms with Crippen LogP contribution in [0.1, 0.15) is 12.8 Å². The molecular weight excluding hydrogens is 253 g/mol. The van der Waals surface area contributed by atoms with Crippen LogP contribution in [0.25, 0.3) is 0 Å².